The number of hydrogen-bond acceptors (Lipinski definition) is 2. The Morgan fingerprint density at radius 1 is 1.00 bits per heavy atom. The minimum Gasteiger partial charge on any atom is -0.496 e. The Kier molecular flexibility index (Phi) is 4.23. The van der Waals surface area contributed by atoms with Crippen molar-refractivity contribution < 1.29 is 4.74 Å². The topological polar surface area (TPSA) is 21.3 Å². The van der Waals surface area contributed by atoms with Crippen LogP contribution in [0.4, 0.5) is 0 Å². The van der Waals surface area contributed by atoms with Crippen molar-refractivity contribution in [2.24, 2.45) is 0 Å². The van der Waals surface area contributed by atoms with E-state index in [4.69, 9.17) is 4.74 Å². The van der Waals surface area contributed by atoms with Gasteiger partial charge >= 0.3 is 0 Å². The fraction of sp³-hybridized carbons (Fsp3) is 0.263. The number of benzene rings is 2. The lowest BCUT2D eigenvalue weighted by Gasteiger charge is -2.28. The highest BCUT2D eigenvalue weighted by Crippen LogP contribution is 2.44. The first kappa shape index (κ1) is 15.1. The zero-order valence-corrected chi connectivity index (χ0v) is 13.5. The molecule has 114 valence electrons. The van der Waals surface area contributed by atoms with Gasteiger partial charge in [0.15, 0.2) is 0 Å². The van der Waals surface area contributed by atoms with Crippen LogP contribution in [-0.4, -0.2) is 20.2 Å². The molecule has 3 heteroatoms. The van der Waals surface area contributed by atoms with Crippen LogP contribution >= 0.6 is 12.4 Å². The zero-order chi connectivity index (χ0) is 14.2. The van der Waals surface area contributed by atoms with Crippen molar-refractivity contribution >= 4 is 18.0 Å². The van der Waals surface area contributed by atoms with Crippen LogP contribution in [0.5, 0.6) is 5.75 Å². The molecule has 0 radical (unpaired) electrons. The molecule has 0 amide bonds. The molecule has 0 bridgehead atoms. The average Bonchev–Trinajstić information content (AvgIpc) is 3.04. The molecule has 2 aromatic carbocycles. The number of hydrogen-bond donors (Lipinski definition) is 1. The van der Waals surface area contributed by atoms with Crippen LogP contribution < -0.4 is 10.1 Å². The second-order valence-corrected chi connectivity index (χ2v) is 5.76. The number of rotatable bonds is 2. The molecular formula is C19H20ClNO. The second kappa shape index (κ2) is 6.15. The summed E-state index contributed by atoms with van der Waals surface area (Å²) in [4.78, 5) is 0. The van der Waals surface area contributed by atoms with E-state index in [1.165, 1.54) is 22.3 Å². The van der Waals surface area contributed by atoms with Gasteiger partial charge in [-0.3, -0.25) is 0 Å². The molecule has 1 aliphatic heterocycles. The van der Waals surface area contributed by atoms with Gasteiger partial charge in [0, 0.05) is 24.6 Å². The summed E-state index contributed by atoms with van der Waals surface area (Å²) in [6.07, 6.45) is 1.03. The predicted octanol–water partition coefficient (Wildman–Crippen LogP) is 3.81. The van der Waals surface area contributed by atoms with Crippen LogP contribution in [-0.2, 0) is 6.42 Å². The van der Waals surface area contributed by atoms with Crippen LogP contribution in [0.3, 0.4) is 0 Å². The fourth-order valence-electron chi connectivity index (χ4n) is 3.73. The molecule has 0 saturated carbocycles. The third-order valence-electron chi connectivity index (χ3n) is 4.71. The van der Waals surface area contributed by atoms with E-state index < -0.39 is 0 Å². The number of ether oxygens (including phenoxy) is 1. The normalized spacial score (nSPS) is 19.2. The van der Waals surface area contributed by atoms with Gasteiger partial charge in [0.25, 0.3) is 0 Å². The SMILES string of the molecule is COc1cccc2c1CC(c1ccccc1)C1=C2CNC1.Cl. The van der Waals surface area contributed by atoms with E-state index >= 15 is 0 Å². The van der Waals surface area contributed by atoms with Gasteiger partial charge in [0.05, 0.1) is 7.11 Å². The van der Waals surface area contributed by atoms with Gasteiger partial charge in [0.1, 0.15) is 5.75 Å². The molecular weight excluding hydrogens is 294 g/mol. The van der Waals surface area contributed by atoms with E-state index in [0.29, 0.717) is 5.92 Å². The van der Waals surface area contributed by atoms with E-state index in [1.54, 1.807) is 12.7 Å². The van der Waals surface area contributed by atoms with Gasteiger partial charge in [-0.05, 0) is 34.8 Å². The molecule has 1 atom stereocenters. The quantitative estimate of drug-likeness (QED) is 0.910. The summed E-state index contributed by atoms with van der Waals surface area (Å²) in [7, 11) is 1.77. The molecule has 1 N–H and O–H groups in total. The van der Waals surface area contributed by atoms with Crippen LogP contribution in [0.15, 0.2) is 54.1 Å². The summed E-state index contributed by atoms with van der Waals surface area (Å²) >= 11 is 0. The van der Waals surface area contributed by atoms with E-state index in [0.717, 1.165) is 25.3 Å². The molecule has 1 aliphatic carbocycles. The van der Waals surface area contributed by atoms with Crippen molar-refractivity contribution in [3.63, 3.8) is 0 Å². The fourth-order valence-corrected chi connectivity index (χ4v) is 3.73. The minimum absolute atomic E-state index is 0. The lowest BCUT2D eigenvalue weighted by atomic mass is 9.76. The highest BCUT2D eigenvalue weighted by molar-refractivity contribution is 5.85. The first-order valence-corrected chi connectivity index (χ1v) is 7.52. The van der Waals surface area contributed by atoms with Gasteiger partial charge in [0.2, 0.25) is 0 Å². The van der Waals surface area contributed by atoms with E-state index in [9.17, 15) is 0 Å². The molecule has 0 saturated heterocycles. The van der Waals surface area contributed by atoms with Crippen LogP contribution in [0.1, 0.15) is 22.6 Å². The number of halogens is 1. The monoisotopic (exact) mass is 313 g/mol. The minimum atomic E-state index is 0. The van der Waals surface area contributed by atoms with Crippen molar-refractivity contribution in [2.45, 2.75) is 12.3 Å². The number of methoxy groups -OCH3 is 1. The Bertz CT molecular complexity index is 709. The highest BCUT2D eigenvalue weighted by atomic mass is 35.5. The standard InChI is InChI=1S/C19H19NO.ClH/c1-21-19-9-5-8-14-16(19)10-15(13-6-3-2-4-7-13)18-12-20-11-17(14)18;/h2-9,15,20H,10-12H2,1H3;1H. The van der Waals surface area contributed by atoms with E-state index in [2.05, 4.69) is 53.8 Å². The average molecular weight is 314 g/mol. The Hall–Kier alpha value is -1.77. The second-order valence-electron chi connectivity index (χ2n) is 5.76. The van der Waals surface area contributed by atoms with Gasteiger partial charge in [-0.15, -0.1) is 12.4 Å². The maximum Gasteiger partial charge on any atom is 0.122 e. The predicted molar refractivity (Wildman–Crippen MR) is 92.9 cm³/mol. The summed E-state index contributed by atoms with van der Waals surface area (Å²) < 4.78 is 5.60. The lowest BCUT2D eigenvalue weighted by molar-refractivity contribution is 0.408. The molecule has 4 rings (SSSR count). The lowest BCUT2D eigenvalue weighted by Crippen LogP contribution is -2.16. The van der Waals surface area contributed by atoms with Gasteiger partial charge in [-0.1, -0.05) is 42.5 Å². The van der Waals surface area contributed by atoms with E-state index in [-0.39, 0.29) is 12.4 Å². The van der Waals surface area contributed by atoms with Crippen LogP contribution in [0, 0.1) is 0 Å². The molecule has 0 fully saturated rings. The largest absolute Gasteiger partial charge is 0.496 e. The molecule has 2 aliphatic rings. The molecule has 1 heterocycles. The molecule has 1 unspecified atom stereocenters. The number of nitrogens with one attached hydrogen (secondary N) is 1. The summed E-state index contributed by atoms with van der Waals surface area (Å²) in [6.45, 7) is 1.98. The van der Waals surface area contributed by atoms with Gasteiger partial charge < -0.3 is 10.1 Å². The van der Waals surface area contributed by atoms with E-state index in [1.807, 2.05) is 0 Å². The Balaban J connectivity index is 0.00000144. The molecule has 2 aromatic rings. The maximum absolute atomic E-state index is 5.60. The molecule has 0 spiro atoms. The summed E-state index contributed by atoms with van der Waals surface area (Å²) in [5.74, 6) is 1.49. The third kappa shape index (κ3) is 2.33. The van der Waals surface area contributed by atoms with Gasteiger partial charge in [-0.2, -0.15) is 0 Å². The first-order valence-electron chi connectivity index (χ1n) is 7.52. The number of fused-ring (bicyclic) bond motifs is 2. The zero-order valence-electron chi connectivity index (χ0n) is 12.6. The van der Waals surface area contributed by atoms with Crippen molar-refractivity contribution in [3.05, 3.63) is 70.8 Å². The highest BCUT2D eigenvalue weighted by Gasteiger charge is 2.32. The smallest absolute Gasteiger partial charge is 0.122 e. The molecule has 22 heavy (non-hydrogen) atoms. The summed E-state index contributed by atoms with van der Waals surface area (Å²) in [5, 5.41) is 3.53. The van der Waals surface area contributed by atoms with Crippen molar-refractivity contribution in [3.8, 4) is 5.75 Å². The maximum atomic E-state index is 5.60. The first-order chi connectivity index (χ1) is 10.4. The van der Waals surface area contributed by atoms with Crippen molar-refractivity contribution in [2.75, 3.05) is 20.2 Å². The summed E-state index contributed by atoms with van der Waals surface area (Å²) in [5.41, 5.74) is 7.18. The van der Waals surface area contributed by atoms with Crippen LogP contribution in [0.25, 0.3) is 5.57 Å². The Morgan fingerprint density at radius 3 is 2.59 bits per heavy atom. The molecule has 2 nitrogen and oxygen atoms in total. The van der Waals surface area contributed by atoms with Crippen molar-refractivity contribution in [1.29, 1.82) is 0 Å². The Labute approximate surface area is 137 Å². The van der Waals surface area contributed by atoms with Crippen LogP contribution in [0.2, 0.25) is 0 Å². The third-order valence-corrected chi connectivity index (χ3v) is 4.71. The van der Waals surface area contributed by atoms with Crippen molar-refractivity contribution in [1.82, 2.24) is 5.32 Å². The Morgan fingerprint density at radius 2 is 1.82 bits per heavy atom. The summed E-state index contributed by atoms with van der Waals surface area (Å²) in [6, 6.07) is 17.3. The molecule has 0 aromatic heterocycles. The van der Waals surface area contributed by atoms with Gasteiger partial charge in [-0.25, -0.2) is 0 Å².